The van der Waals surface area contributed by atoms with Crippen molar-refractivity contribution in [3.8, 4) is 0 Å². The zero-order chi connectivity index (χ0) is 19.6. The number of primary sulfonamides is 1. The summed E-state index contributed by atoms with van der Waals surface area (Å²) in [6.45, 7) is 3.51. The molecule has 0 aromatic carbocycles. The number of H-pyrrole nitrogens is 1. The standard InChI is InChI=1S/C14H20N6O6S/c1-14(2)25-8-6(3-4-27(16,22)23)24-12(9(8)26-14)20-5-17-7-10(20)18-13(15)19-11(7)21/h5-6,8-9,12H,3-4H2,1-2H3,(H2,16,22,23)(H3,15,18,19,21)/t6-,8?,9+,12-/m1/s1. The third-order valence-electron chi connectivity index (χ3n) is 4.54. The largest absolute Gasteiger partial charge is 0.369 e. The van der Waals surface area contributed by atoms with E-state index in [9.17, 15) is 13.2 Å². The molecule has 27 heavy (non-hydrogen) atoms. The van der Waals surface area contributed by atoms with Gasteiger partial charge in [-0.05, 0) is 20.3 Å². The second-order valence-electron chi connectivity index (χ2n) is 7.06. The molecule has 0 spiro atoms. The number of nitrogens with two attached hydrogens (primary N) is 2. The predicted octanol–water partition coefficient (Wildman–Crippen LogP) is -1.20. The van der Waals surface area contributed by atoms with Gasteiger partial charge in [-0.2, -0.15) is 4.98 Å². The molecule has 2 saturated heterocycles. The Hall–Kier alpha value is -2.06. The Labute approximate surface area is 153 Å². The van der Waals surface area contributed by atoms with E-state index >= 15 is 0 Å². The number of hydrogen-bond acceptors (Lipinski definition) is 9. The molecule has 5 N–H and O–H groups in total. The number of rotatable bonds is 4. The fourth-order valence-electron chi connectivity index (χ4n) is 3.53. The van der Waals surface area contributed by atoms with E-state index < -0.39 is 45.9 Å². The molecule has 2 aromatic rings. The minimum atomic E-state index is -3.66. The van der Waals surface area contributed by atoms with Gasteiger partial charge in [-0.1, -0.05) is 0 Å². The maximum Gasteiger partial charge on any atom is 0.280 e. The number of sulfonamides is 1. The van der Waals surface area contributed by atoms with Crippen molar-refractivity contribution in [3.05, 3.63) is 16.7 Å². The van der Waals surface area contributed by atoms with Crippen molar-refractivity contribution in [1.29, 1.82) is 0 Å². The predicted molar refractivity (Wildman–Crippen MR) is 92.9 cm³/mol. The highest BCUT2D eigenvalue weighted by Crippen LogP contribution is 2.44. The van der Waals surface area contributed by atoms with Crippen LogP contribution in [0.5, 0.6) is 0 Å². The minimum absolute atomic E-state index is 0.0570. The molecule has 2 aliphatic heterocycles. The van der Waals surface area contributed by atoms with Crippen LogP contribution in [-0.4, -0.2) is 57.8 Å². The lowest BCUT2D eigenvalue weighted by Gasteiger charge is -2.24. The van der Waals surface area contributed by atoms with Crippen LogP contribution in [0.15, 0.2) is 11.1 Å². The van der Waals surface area contributed by atoms with Gasteiger partial charge in [-0.15, -0.1) is 0 Å². The van der Waals surface area contributed by atoms with Gasteiger partial charge in [0, 0.05) is 0 Å². The summed E-state index contributed by atoms with van der Waals surface area (Å²) in [7, 11) is -3.66. The second kappa shape index (κ2) is 5.97. The summed E-state index contributed by atoms with van der Waals surface area (Å²) in [4.78, 5) is 22.6. The molecule has 4 heterocycles. The third-order valence-corrected chi connectivity index (χ3v) is 5.34. The van der Waals surface area contributed by atoms with E-state index in [0.29, 0.717) is 0 Å². The van der Waals surface area contributed by atoms with Crippen LogP contribution in [0.25, 0.3) is 11.2 Å². The average Bonchev–Trinajstić information content (AvgIpc) is 3.15. The zero-order valence-corrected chi connectivity index (χ0v) is 15.5. The summed E-state index contributed by atoms with van der Waals surface area (Å²) >= 11 is 0. The van der Waals surface area contributed by atoms with Crippen molar-refractivity contribution < 1.29 is 22.6 Å². The molecule has 0 amide bonds. The molecule has 0 saturated carbocycles. The first-order valence-electron chi connectivity index (χ1n) is 8.28. The fraction of sp³-hybridized carbons (Fsp3) is 0.643. The molecule has 12 nitrogen and oxygen atoms in total. The Kier molecular flexibility index (Phi) is 4.05. The van der Waals surface area contributed by atoms with E-state index in [4.69, 9.17) is 25.1 Å². The van der Waals surface area contributed by atoms with Gasteiger partial charge in [-0.25, -0.2) is 18.5 Å². The van der Waals surface area contributed by atoms with Crippen molar-refractivity contribution in [2.45, 2.75) is 50.6 Å². The summed E-state index contributed by atoms with van der Waals surface area (Å²) in [6.07, 6.45) is -0.810. The van der Waals surface area contributed by atoms with Gasteiger partial charge in [0.2, 0.25) is 16.0 Å². The lowest BCUT2D eigenvalue weighted by molar-refractivity contribution is -0.196. The maximum atomic E-state index is 12.0. The van der Waals surface area contributed by atoms with Crippen molar-refractivity contribution in [1.82, 2.24) is 19.5 Å². The Bertz CT molecular complexity index is 1050. The van der Waals surface area contributed by atoms with E-state index in [1.807, 2.05) is 0 Å². The van der Waals surface area contributed by atoms with Crippen LogP contribution in [0.3, 0.4) is 0 Å². The summed E-state index contributed by atoms with van der Waals surface area (Å²) < 4.78 is 42.1. The monoisotopic (exact) mass is 400 g/mol. The summed E-state index contributed by atoms with van der Waals surface area (Å²) in [5.41, 5.74) is 5.51. The highest BCUT2D eigenvalue weighted by atomic mass is 32.2. The first-order valence-corrected chi connectivity index (χ1v) is 9.99. The number of fused-ring (bicyclic) bond motifs is 2. The summed E-state index contributed by atoms with van der Waals surface area (Å²) in [5.74, 6) is -1.19. The molecule has 2 aromatic heterocycles. The van der Waals surface area contributed by atoms with Crippen LogP contribution in [0.2, 0.25) is 0 Å². The Morgan fingerprint density at radius 1 is 1.33 bits per heavy atom. The van der Waals surface area contributed by atoms with Gasteiger partial charge in [0.15, 0.2) is 23.2 Å². The molecule has 4 atom stereocenters. The van der Waals surface area contributed by atoms with Gasteiger partial charge in [0.05, 0.1) is 18.2 Å². The molecule has 0 radical (unpaired) electrons. The van der Waals surface area contributed by atoms with Gasteiger partial charge in [0.1, 0.15) is 12.2 Å². The van der Waals surface area contributed by atoms with E-state index in [2.05, 4.69) is 15.0 Å². The number of aromatic nitrogens is 4. The lowest BCUT2D eigenvalue weighted by Crippen LogP contribution is -2.32. The number of nitrogen functional groups attached to an aromatic ring is 1. The topological polar surface area (TPSA) is 177 Å². The van der Waals surface area contributed by atoms with Crippen LogP contribution in [0.4, 0.5) is 5.95 Å². The van der Waals surface area contributed by atoms with Crippen LogP contribution in [-0.2, 0) is 24.2 Å². The first kappa shape index (κ1) is 18.3. The summed E-state index contributed by atoms with van der Waals surface area (Å²) in [5, 5.41) is 5.11. The smallest absolute Gasteiger partial charge is 0.280 e. The molecule has 0 aliphatic carbocycles. The Morgan fingerprint density at radius 3 is 2.74 bits per heavy atom. The van der Waals surface area contributed by atoms with Crippen LogP contribution in [0.1, 0.15) is 26.5 Å². The molecule has 2 aliphatic rings. The number of nitrogens with zero attached hydrogens (tertiary/aromatic N) is 3. The van der Waals surface area contributed by atoms with Crippen LogP contribution in [0, 0.1) is 0 Å². The van der Waals surface area contributed by atoms with Crippen molar-refractivity contribution in [2.24, 2.45) is 5.14 Å². The maximum absolute atomic E-state index is 12.0. The number of aromatic amines is 1. The SMILES string of the molecule is CC1(C)OC2[C@@H](CCS(N)(=O)=O)O[C@@H](n3cnc4c(=O)[nH]c(N)nc43)[C@H]2O1. The molecule has 148 valence electrons. The average molecular weight is 400 g/mol. The zero-order valence-electron chi connectivity index (χ0n) is 14.7. The van der Waals surface area contributed by atoms with Gasteiger partial charge in [0.25, 0.3) is 5.56 Å². The Morgan fingerprint density at radius 2 is 2.04 bits per heavy atom. The third kappa shape index (κ3) is 3.32. The normalized spacial score (nSPS) is 30.0. The first-order chi connectivity index (χ1) is 12.5. The molecule has 4 rings (SSSR count). The van der Waals surface area contributed by atoms with E-state index in [-0.39, 0.29) is 29.3 Å². The molecular weight excluding hydrogens is 380 g/mol. The molecule has 0 bridgehead atoms. The highest BCUT2D eigenvalue weighted by Gasteiger charge is 2.56. The number of anilines is 1. The molecule has 13 heteroatoms. The number of imidazole rings is 1. The van der Waals surface area contributed by atoms with Crippen molar-refractivity contribution >= 4 is 27.1 Å². The quantitative estimate of drug-likeness (QED) is 0.568. The lowest BCUT2D eigenvalue weighted by atomic mass is 10.1. The minimum Gasteiger partial charge on any atom is -0.369 e. The van der Waals surface area contributed by atoms with Crippen molar-refractivity contribution in [2.75, 3.05) is 11.5 Å². The van der Waals surface area contributed by atoms with E-state index in [1.165, 1.54) is 6.33 Å². The van der Waals surface area contributed by atoms with Gasteiger partial charge >= 0.3 is 0 Å². The summed E-state index contributed by atoms with van der Waals surface area (Å²) in [6, 6.07) is 0. The van der Waals surface area contributed by atoms with Crippen molar-refractivity contribution in [3.63, 3.8) is 0 Å². The number of nitrogens with one attached hydrogen (secondary N) is 1. The fourth-order valence-corrected chi connectivity index (χ4v) is 4.09. The highest BCUT2D eigenvalue weighted by molar-refractivity contribution is 7.89. The van der Waals surface area contributed by atoms with Gasteiger partial charge < -0.3 is 19.9 Å². The Balaban J connectivity index is 1.71. The number of hydrogen-bond donors (Lipinski definition) is 3. The van der Waals surface area contributed by atoms with Crippen LogP contribution < -0.4 is 16.4 Å². The molecule has 2 fully saturated rings. The van der Waals surface area contributed by atoms with Crippen LogP contribution >= 0.6 is 0 Å². The molecular formula is C14H20N6O6S. The second-order valence-corrected chi connectivity index (χ2v) is 8.79. The van der Waals surface area contributed by atoms with E-state index in [1.54, 1.807) is 18.4 Å². The van der Waals surface area contributed by atoms with Gasteiger partial charge in [-0.3, -0.25) is 14.3 Å². The van der Waals surface area contributed by atoms with E-state index in [0.717, 1.165) is 0 Å². The number of ether oxygens (including phenoxy) is 3. The molecule has 1 unspecified atom stereocenters.